The summed E-state index contributed by atoms with van der Waals surface area (Å²) in [5, 5.41) is 1.01. The highest BCUT2D eigenvalue weighted by Crippen LogP contribution is 2.24. The minimum absolute atomic E-state index is 0.0293. The summed E-state index contributed by atoms with van der Waals surface area (Å²) in [6, 6.07) is 13.6. The zero-order valence-electron chi connectivity index (χ0n) is 14.5. The van der Waals surface area contributed by atoms with Gasteiger partial charge in [0, 0.05) is 17.6 Å². The van der Waals surface area contributed by atoms with Crippen molar-refractivity contribution < 1.29 is 17.9 Å². The number of hydrogen-bond donors (Lipinski definition) is 0. The lowest BCUT2D eigenvalue weighted by Crippen LogP contribution is -2.43. The van der Waals surface area contributed by atoms with Crippen molar-refractivity contribution in [3.63, 3.8) is 0 Å². The molecule has 1 aliphatic rings. The summed E-state index contributed by atoms with van der Waals surface area (Å²) in [6.45, 7) is 0.0793. The molecule has 1 saturated heterocycles. The zero-order valence-corrected chi connectivity index (χ0v) is 16.8. The second-order valence-corrected chi connectivity index (χ2v) is 9.50. The van der Waals surface area contributed by atoms with Crippen LogP contribution < -0.4 is 4.74 Å². The van der Waals surface area contributed by atoms with E-state index in [-0.39, 0.29) is 30.1 Å². The quantitative estimate of drug-likeness (QED) is 0.706. The fourth-order valence-electron chi connectivity index (χ4n) is 3.01. The molecule has 3 rings (SSSR count). The molecule has 0 unspecified atom stereocenters. The number of carbonyl (C=O) groups is 1. The molecule has 0 saturated carbocycles. The smallest absolute Gasteiger partial charge is 0.261 e. The van der Waals surface area contributed by atoms with Crippen LogP contribution in [0.25, 0.3) is 0 Å². The average molecular weight is 428 g/mol. The molecule has 0 N–H and O–H groups in total. The van der Waals surface area contributed by atoms with E-state index in [0.29, 0.717) is 28.8 Å². The lowest BCUT2D eigenvalue weighted by atomic mass is 10.1. The second kappa shape index (κ2) is 8.50. The van der Waals surface area contributed by atoms with Crippen molar-refractivity contribution in [2.45, 2.75) is 19.0 Å². The van der Waals surface area contributed by atoms with Crippen LogP contribution in [0.4, 0.5) is 0 Å². The van der Waals surface area contributed by atoms with Crippen LogP contribution in [0, 0.1) is 0 Å². The van der Waals surface area contributed by atoms with E-state index in [1.807, 2.05) is 12.1 Å². The van der Waals surface area contributed by atoms with Crippen molar-refractivity contribution >= 4 is 38.9 Å². The van der Waals surface area contributed by atoms with Crippen LogP contribution in [0.1, 0.15) is 12.0 Å². The van der Waals surface area contributed by atoms with Gasteiger partial charge in [0.05, 0.1) is 16.5 Å². The van der Waals surface area contributed by atoms with E-state index in [1.54, 1.807) is 41.3 Å². The SMILES string of the molecule is O=C(COc1ccccc1Cl)N(Cc1ccc(Cl)cc1)[C@@H]1CCS(=O)(=O)C1. The summed E-state index contributed by atoms with van der Waals surface area (Å²) < 4.78 is 29.3. The normalized spacial score (nSPS) is 18.2. The Morgan fingerprint density at radius 2 is 1.81 bits per heavy atom. The van der Waals surface area contributed by atoms with E-state index in [4.69, 9.17) is 27.9 Å². The number of amides is 1. The van der Waals surface area contributed by atoms with Gasteiger partial charge in [-0.1, -0.05) is 47.5 Å². The summed E-state index contributed by atoms with van der Waals surface area (Å²) >= 11 is 12.0. The van der Waals surface area contributed by atoms with Crippen LogP contribution in [0.3, 0.4) is 0 Å². The van der Waals surface area contributed by atoms with Crippen LogP contribution in [-0.4, -0.2) is 43.4 Å². The molecule has 1 fully saturated rings. The van der Waals surface area contributed by atoms with Crippen LogP contribution >= 0.6 is 23.2 Å². The third-order valence-corrected chi connectivity index (χ3v) is 6.74. The van der Waals surface area contributed by atoms with E-state index in [1.165, 1.54) is 0 Å². The fraction of sp³-hybridized carbons (Fsp3) is 0.316. The number of para-hydroxylation sites is 1. The van der Waals surface area contributed by atoms with E-state index in [2.05, 4.69) is 0 Å². The van der Waals surface area contributed by atoms with Gasteiger partial charge in [-0.3, -0.25) is 4.79 Å². The Bertz CT molecular complexity index is 916. The van der Waals surface area contributed by atoms with Crippen LogP contribution in [0.5, 0.6) is 5.75 Å². The summed E-state index contributed by atoms with van der Waals surface area (Å²) in [6.07, 6.45) is 0.424. The third kappa shape index (κ3) is 5.37. The van der Waals surface area contributed by atoms with Gasteiger partial charge in [0.1, 0.15) is 5.75 Å². The monoisotopic (exact) mass is 427 g/mol. The number of hydrogen-bond acceptors (Lipinski definition) is 4. The molecule has 2 aromatic rings. The number of carbonyl (C=O) groups excluding carboxylic acids is 1. The maximum absolute atomic E-state index is 12.8. The van der Waals surface area contributed by atoms with E-state index in [0.717, 1.165) is 5.56 Å². The standard InChI is InChI=1S/C19H19Cl2NO4S/c20-15-7-5-14(6-8-15)11-22(16-9-10-27(24,25)13-16)19(23)12-26-18-4-2-1-3-17(18)21/h1-8,16H,9-13H2/t16-/m1/s1. The highest BCUT2D eigenvalue weighted by molar-refractivity contribution is 7.91. The minimum atomic E-state index is -3.12. The molecule has 1 atom stereocenters. The molecule has 27 heavy (non-hydrogen) atoms. The van der Waals surface area contributed by atoms with Crippen molar-refractivity contribution in [1.82, 2.24) is 4.90 Å². The first-order valence-electron chi connectivity index (χ1n) is 8.46. The Labute approximate surface area is 168 Å². The van der Waals surface area contributed by atoms with Crippen LogP contribution in [0.15, 0.2) is 48.5 Å². The van der Waals surface area contributed by atoms with Crippen molar-refractivity contribution in [2.75, 3.05) is 18.1 Å². The summed E-state index contributed by atoms with van der Waals surface area (Å²) in [5.74, 6) is 0.191. The summed E-state index contributed by atoms with van der Waals surface area (Å²) in [4.78, 5) is 14.4. The first kappa shape index (κ1) is 20.0. The third-order valence-electron chi connectivity index (χ3n) is 4.42. The minimum Gasteiger partial charge on any atom is -0.482 e. The van der Waals surface area contributed by atoms with Crippen LogP contribution in [0.2, 0.25) is 10.0 Å². The summed E-state index contributed by atoms with van der Waals surface area (Å²) in [7, 11) is -3.12. The van der Waals surface area contributed by atoms with Gasteiger partial charge in [-0.05, 0) is 36.2 Å². The molecule has 0 bridgehead atoms. The van der Waals surface area contributed by atoms with Gasteiger partial charge in [0.25, 0.3) is 5.91 Å². The van der Waals surface area contributed by atoms with E-state index >= 15 is 0 Å². The molecule has 0 radical (unpaired) electrons. The highest BCUT2D eigenvalue weighted by atomic mass is 35.5. The zero-order chi connectivity index (χ0) is 19.4. The topological polar surface area (TPSA) is 63.7 Å². The summed E-state index contributed by atoms with van der Waals surface area (Å²) in [5.41, 5.74) is 0.870. The predicted molar refractivity (Wildman–Crippen MR) is 106 cm³/mol. The number of ether oxygens (including phenoxy) is 1. The van der Waals surface area contributed by atoms with Gasteiger partial charge >= 0.3 is 0 Å². The number of sulfone groups is 1. The highest BCUT2D eigenvalue weighted by Gasteiger charge is 2.34. The fourth-order valence-corrected chi connectivity index (χ4v) is 5.06. The molecule has 8 heteroatoms. The van der Waals surface area contributed by atoms with Gasteiger partial charge in [-0.25, -0.2) is 8.42 Å². The van der Waals surface area contributed by atoms with Crippen LogP contribution in [-0.2, 0) is 21.2 Å². The molecule has 2 aromatic carbocycles. The molecule has 1 aliphatic heterocycles. The first-order valence-corrected chi connectivity index (χ1v) is 11.0. The molecule has 0 aliphatic carbocycles. The second-order valence-electron chi connectivity index (χ2n) is 6.42. The number of nitrogens with zero attached hydrogens (tertiary/aromatic N) is 1. The van der Waals surface area contributed by atoms with E-state index < -0.39 is 9.84 Å². The molecule has 5 nitrogen and oxygen atoms in total. The van der Waals surface area contributed by atoms with Gasteiger partial charge in [0.2, 0.25) is 0 Å². The van der Waals surface area contributed by atoms with Crippen molar-refractivity contribution in [3.05, 3.63) is 64.1 Å². The van der Waals surface area contributed by atoms with Crippen molar-refractivity contribution in [1.29, 1.82) is 0 Å². The predicted octanol–water partition coefficient (Wildman–Crippen LogP) is 3.59. The Kier molecular flexibility index (Phi) is 6.29. The van der Waals surface area contributed by atoms with Gasteiger partial charge in [-0.2, -0.15) is 0 Å². The van der Waals surface area contributed by atoms with Gasteiger partial charge in [0.15, 0.2) is 16.4 Å². The van der Waals surface area contributed by atoms with Crippen molar-refractivity contribution in [2.24, 2.45) is 0 Å². The lowest BCUT2D eigenvalue weighted by molar-refractivity contribution is -0.136. The molecular weight excluding hydrogens is 409 g/mol. The number of benzene rings is 2. The Hall–Kier alpha value is -1.76. The number of rotatable bonds is 6. The average Bonchev–Trinajstić information content (AvgIpc) is 3.00. The molecule has 0 aromatic heterocycles. The molecule has 1 amide bonds. The maximum atomic E-state index is 12.8. The molecule has 144 valence electrons. The Morgan fingerprint density at radius 3 is 2.44 bits per heavy atom. The number of halogens is 2. The van der Waals surface area contributed by atoms with E-state index in [9.17, 15) is 13.2 Å². The molecule has 0 spiro atoms. The largest absolute Gasteiger partial charge is 0.482 e. The maximum Gasteiger partial charge on any atom is 0.261 e. The molecular formula is C19H19Cl2NO4S. The van der Waals surface area contributed by atoms with Gasteiger partial charge < -0.3 is 9.64 Å². The lowest BCUT2D eigenvalue weighted by Gasteiger charge is -2.28. The van der Waals surface area contributed by atoms with Gasteiger partial charge in [-0.15, -0.1) is 0 Å². The molecule has 1 heterocycles. The Morgan fingerprint density at radius 1 is 1.11 bits per heavy atom. The first-order chi connectivity index (χ1) is 12.8. The van der Waals surface area contributed by atoms with Crippen molar-refractivity contribution in [3.8, 4) is 5.75 Å². The Balaban J connectivity index is 1.75.